The summed E-state index contributed by atoms with van der Waals surface area (Å²) in [5.74, 6) is 0.642. The van der Waals surface area contributed by atoms with Crippen molar-refractivity contribution in [3.63, 3.8) is 0 Å². The Hall–Kier alpha value is -3.13. The molecule has 0 saturated carbocycles. The number of thioether (sulfide) groups is 1. The maximum atomic E-state index is 12.5. The second-order valence-corrected chi connectivity index (χ2v) is 7.48. The van der Waals surface area contributed by atoms with Crippen LogP contribution in [0, 0.1) is 0 Å². The first kappa shape index (κ1) is 18.2. The monoisotopic (exact) mass is 393 g/mol. The number of nitrogens with one attached hydrogen (secondary N) is 2. The highest BCUT2D eigenvalue weighted by molar-refractivity contribution is 8.00. The summed E-state index contributed by atoms with van der Waals surface area (Å²) >= 11 is 1.27. The quantitative estimate of drug-likeness (QED) is 0.481. The molecule has 0 saturated heterocycles. The summed E-state index contributed by atoms with van der Waals surface area (Å²) in [6.07, 6.45) is 0. The minimum atomic E-state index is -0.379. The predicted molar refractivity (Wildman–Crippen MR) is 111 cm³/mol. The number of carbonyl (C=O) groups is 1. The van der Waals surface area contributed by atoms with Crippen LogP contribution in [0.4, 0.5) is 5.69 Å². The number of aromatic amines is 1. The molecule has 8 heteroatoms. The number of hydrogen-bond donors (Lipinski definition) is 2. The van der Waals surface area contributed by atoms with Gasteiger partial charge in [-0.15, -0.1) is 10.2 Å². The molecule has 1 unspecified atom stereocenters. The van der Waals surface area contributed by atoms with Crippen molar-refractivity contribution in [1.29, 1.82) is 0 Å². The molecule has 2 aromatic heterocycles. The SMILES string of the molecule is CCOc1ccc(NC(=O)C(C)Sc2nnc3c(n2)[nH]c2ccccc23)cc1. The Morgan fingerprint density at radius 2 is 1.96 bits per heavy atom. The van der Waals surface area contributed by atoms with E-state index in [2.05, 4.69) is 25.5 Å². The van der Waals surface area contributed by atoms with Gasteiger partial charge in [0.15, 0.2) is 5.65 Å². The lowest BCUT2D eigenvalue weighted by Crippen LogP contribution is -2.22. The lowest BCUT2D eigenvalue weighted by atomic mass is 10.2. The van der Waals surface area contributed by atoms with Gasteiger partial charge in [-0.1, -0.05) is 30.0 Å². The van der Waals surface area contributed by atoms with E-state index in [-0.39, 0.29) is 11.2 Å². The average molecular weight is 393 g/mol. The van der Waals surface area contributed by atoms with Crippen LogP contribution in [0.5, 0.6) is 5.75 Å². The van der Waals surface area contributed by atoms with Crippen LogP contribution >= 0.6 is 11.8 Å². The molecule has 7 nitrogen and oxygen atoms in total. The van der Waals surface area contributed by atoms with E-state index in [0.717, 1.165) is 22.2 Å². The Bertz CT molecular complexity index is 1130. The number of ether oxygens (including phenoxy) is 1. The summed E-state index contributed by atoms with van der Waals surface area (Å²) in [6.45, 7) is 4.35. The third-order valence-electron chi connectivity index (χ3n) is 4.19. The second kappa shape index (κ2) is 7.85. The van der Waals surface area contributed by atoms with Gasteiger partial charge < -0.3 is 15.0 Å². The highest BCUT2D eigenvalue weighted by atomic mass is 32.2. The van der Waals surface area contributed by atoms with Crippen LogP contribution < -0.4 is 10.1 Å². The number of rotatable bonds is 6. The Morgan fingerprint density at radius 1 is 1.18 bits per heavy atom. The van der Waals surface area contributed by atoms with E-state index < -0.39 is 0 Å². The largest absolute Gasteiger partial charge is 0.494 e. The van der Waals surface area contributed by atoms with Crippen LogP contribution in [-0.4, -0.2) is 37.9 Å². The minimum Gasteiger partial charge on any atom is -0.494 e. The van der Waals surface area contributed by atoms with E-state index in [9.17, 15) is 4.79 Å². The van der Waals surface area contributed by atoms with Gasteiger partial charge in [0.2, 0.25) is 11.1 Å². The summed E-state index contributed by atoms with van der Waals surface area (Å²) < 4.78 is 5.41. The number of aromatic nitrogens is 4. The molecule has 1 atom stereocenters. The topological polar surface area (TPSA) is 92.8 Å². The highest BCUT2D eigenvalue weighted by Crippen LogP contribution is 2.25. The van der Waals surface area contributed by atoms with Gasteiger partial charge in [-0.3, -0.25) is 4.79 Å². The van der Waals surface area contributed by atoms with Crippen molar-refractivity contribution in [3.8, 4) is 5.75 Å². The first-order valence-electron chi connectivity index (χ1n) is 8.95. The molecule has 4 aromatic rings. The number of anilines is 1. The average Bonchev–Trinajstić information content (AvgIpc) is 3.07. The zero-order valence-electron chi connectivity index (χ0n) is 15.5. The first-order valence-corrected chi connectivity index (χ1v) is 9.83. The van der Waals surface area contributed by atoms with Gasteiger partial charge in [-0.2, -0.15) is 0 Å². The fourth-order valence-corrected chi connectivity index (χ4v) is 3.53. The van der Waals surface area contributed by atoms with Gasteiger partial charge in [-0.25, -0.2) is 4.98 Å². The highest BCUT2D eigenvalue weighted by Gasteiger charge is 2.18. The van der Waals surface area contributed by atoms with E-state index >= 15 is 0 Å². The molecule has 1 amide bonds. The Kier molecular flexibility index (Phi) is 5.12. The standard InChI is InChI=1S/C20H19N5O2S/c1-3-27-14-10-8-13(9-11-14)21-19(26)12(2)28-20-23-18-17(24-25-20)15-6-4-5-7-16(15)22-18/h4-12H,3H2,1-2H3,(H,21,26)(H,22,23,25). The number of H-pyrrole nitrogens is 1. The molecule has 28 heavy (non-hydrogen) atoms. The van der Waals surface area contributed by atoms with Gasteiger partial charge in [-0.05, 0) is 44.2 Å². The number of amides is 1. The molecule has 0 aliphatic rings. The second-order valence-electron chi connectivity index (χ2n) is 6.17. The van der Waals surface area contributed by atoms with E-state index in [0.29, 0.717) is 23.1 Å². The molecule has 4 rings (SSSR count). The summed E-state index contributed by atoms with van der Waals surface area (Å²) in [4.78, 5) is 20.2. The van der Waals surface area contributed by atoms with E-state index in [1.165, 1.54) is 11.8 Å². The molecule has 2 N–H and O–H groups in total. The Morgan fingerprint density at radius 3 is 2.75 bits per heavy atom. The lowest BCUT2D eigenvalue weighted by Gasteiger charge is -2.11. The molecule has 0 aliphatic heterocycles. The van der Waals surface area contributed by atoms with Crippen LogP contribution in [0.25, 0.3) is 22.1 Å². The van der Waals surface area contributed by atoms with Crippen molar-refractivity contribution >= 4 is 45.4 Å². The molecule has 2 heterocycles. The zero-order chi connectivity index (χ0) is 19.5. The van der Waals surface area contributed by atoms with Crippen LogP contribution in [0.15, 0.2) is 53.7 Å². The first-order chi connectivity index (χ1) is 13.6. The number of fused-ring (bicyclic) bond motifs is 3. The molecular weight excluding hydrogens is 374 g/mol. The van der Waals surface area contributed by atoms with Crippen molar-refractivity contribution < 1.29 is 9.53 Å². The molecule has 0 bridgehead atoms. The molecule has 0 spiro atoms. The van der Waals surface area contributed by atoms with E-state index in [4.69, 9.17) is 4.74 Å². The molecule has 0 radical (unpaired) electrons. The maximum Gasteiger partial charge on any atom is 0.237 e. The number of benzene rings is 2. The lowest BCUT2D eigenvalue weighted by molar-refractivity contribution is -0.115. The number of carbonyl (C=O) groups excluding carboxylic acids is 1. The predicted octanol–water partition coefficient (Wildman–Crippen LogP) is 4.02. The van der Waals surface area contributed by atoms with Crippen molar-refractivity contribution in [2.24, 2.45) is 0 Å². The van der Waals surface area contributed by atoms with Gasteiger partial charge >= 0.3 is 0 Å². The molecule has 0 fully saturated rings. The maximum absolute atomic E-state index is 12.5. The van der Waals surface area contributed by atoms with Crippen LogP contribution in [-0.2, 0) is 4.79 Å². The van der Waals surface area contributed by atoms with E-state index in [1.807, 2.05) is 62.4 Å². The molecule has 142 valence electrons. The third kappa shape index (κ3) is 3.77. The van der Waals surface area contributed by atoms with Crippen molar-refractivity contribution in [2.45, 2.75) is 24.3 Å². The van der Waals surface area contributed by atoms with Gasteiger partial charge in [0, 0.05) is 16.6 Å². The van der Waals surface area contributed by atoms with Crippen LogP contribution in [0.3, 0.4) is 0 Å². The Balaban J connectivity index is 1.45. The van der Waals surface area contributed by atoms with Crippen LogP contribution in [0.1, 0.15) is 13.8 Å². The fourth-order valence-electron chi connectivity index (χ4n) is 2.81. The van der Waals surface area contributed by atoms with Crippen molar-refractivity contribution in [1.82, 2.24) is 20.2 Å². The number of hydrogen-bond acceptors (Lipinski definition) is 6. The number of nitrogens with zero attached hydrogens (tertiary/aromatic N) is 3. The summed E-state index contributed by atoms with van der Waals surface area (Å²) in [6, 6.07) is 15.1. The van der Waals surface area contributed by atoms with E-state index in [1.54, 1.807) is 0 Å². The smallest absolute Gasteiger partial charge is 0.237 e. The fraction of sp³-hybridized carbons (Fsp3) is 0.200. The molecule has 0 aliphatic carbocycles. The molecular formula is C20H19N5O2S. The van der Waals surface area contributed by atoms with Gasteiger partial charge in [0.25, 0.3) is 0 Å². The zero-order valence-corrected chi connectivity index (χ0v) is 16.3. The summed E-state index contributed by atoms with van der Waals surface area (Å²) in [5.41, 5.74) is 3.07. The van der Waals surface area contributed by atoms with Gasteiger partial charge in [0.05, 0.1) is 11.9 Å². The normalized spacial score (nSPS) is 12.2. The number of para-hydroxylation sites is 1. The summed E-state index contributed by atoms with van der Waals surface area (Å²) in [5, 5.41) is 12.4. The van der Waals surface area contributed by atoms with Crippen molar-refractivity contribution in [3.05, 3.63) is 48.5 Å². The minimum absolute atomic E-state index is 0.130. The third-order valence-corrected chi connectivity index (χ3v) is 5.14. The van der Waals surface area contributed by atoms with Crippen molar-refractivity contribution in [2.75, 3.05) is 11.9 Å². The Labute approximate surface area is 165 Å². The molecule has 2 aromatic carbocycles. The van der Waals surface area contributed by atoms with Gasteiger partial charge in [0.1, 0.15) is 11.3 Å². The van der Waals surface area contributed by atoms with Crippen LogP contribution in [0.2, 0.25) is 0 Å². The summed E-state index contributed by atoms with van der Waals surface area (Å²) in [7, 11) is 0.